The number of fused-ring (bicyclic) bond motifs is 1. The number of hydrogen-bond donors (Lipinski definition) is 1. The van der Waals surface area contributed by atoms with Crippen molar-refractivity contribution in [1.29, 1.82) is 0 Å². The Morgan fingerprint density at radius 3 is 2.54 bits per heavy atom. The molecule has 0 radical (unpaired) electrons. The normalized spacial score (nSPS) is 12.5. The van der Waals surface area contributed by atoms with Gasteiger partial charge in [-0.2, -0.15) is 0 Å². The lowest BCUT2D eigenvalue weighted by Gasteiger charge is -2.25. The smallest absolute Gasteiger partial charge is 0.336 e. The van der Waals surface area contributed by atoms with Gasteiger partial charge in [-0.3, -0.25) is 0 Å². The fourth-order valence-electron chi connectivity index (χ4n) is 3.26. The van der Waals surface area contributed by atoms with Crippen molar-refractivity contribution in [1.82, 2.24) is 10.2 Å². The third-order valence-electron chi connectivity index (χ3n) is 4.89. The molecule has 1 heterocycles. The van der Waals surface area contributed by atoms with E-state index in [4.69, 9.17) is 20.8 Å². The first kappa shape index (κ1) is 20.4. The standard InChI is InChI=1S/C22H25ClN2O3/c1-14-9-21-18(11-19(14)23)16(10-22(26)28-21)12-24-13-20(25(2)3)15-5-7-17(27-4)8-6-15/h5-11,20,24H,12-13H2,1-4H3/t20-/m0/s1. The first-order valence-corrected chi connectivity index (χ1v) is 9.51. The van der Waals surface area contributed by atoms with Crippen LogP contribution in [-0.2, 0) is 6.54 Å². The summed E-state index contributed by atoms with van der Waals surface area (Å²) in [6.07, 6.45) is 0. The second kappa shape index (κ2) is 8.78. The van der Waals surface area contributed by atoms with Crippen molar-refractivity contribution in [2.24, 2.45) is 0 Å². The van der Waals surface area contributed by atoms with Crippen molar-refractivity contribution in [2.45, 2.75) is 19.5 Å². The fourth-order valence-corrected chi connectivity index (χ4v) is 3.43. The average molecular weight is 401 g/mol. The predicted octanol–water partition coefficient (Wildman–Crippen LogP) is 4.16. The Balaban J connectivity index is 1.78. The van der Waals surface area contributed by atoms with Crippen LogP contribution in [0.25, 0.3) is 11.0 Å². The van der Waals surface area contributed by atoms with Crippen LogP contribution in [0.1, 0.15) is 22.7 Å². The summed E-state index contributed by atoms with van der Waals surface area (Å²) in [6.45, 7) is 3.16. The van der Waals surface area contributed by atoms with Gasteiger partial charge in [0.1, 0.15) is 11.3 Å². The van der Waals surface area contributed by atoms with Crippen molar-refractivity contribution in [3.05, 3.63) is 74.6 Å². The van der Waals surface area contributed by atoms with Crippen LogP contribution < -0.4 is 15.7 Å². The maximum absolute atomic E-state index is 11.9. The molecule has 2 aromatic carbocycles. The van der Waals surface area contributed by atoms with E-state index < -0.39 is 0 Å². The van der Waals surface area contributed by atoms with Crippen LogP contribution in [-0.4, -0.2) is 32.6 Å². The quantitative estimate of drug-likeness (QED) is 0.603. The Kier molecular flexibility index (Phi) is 6.39. The zero-order valence-electron chi connectivity index (χ0n) is 16.6. The molecule has 28 heavy (non-hydrogen) atoms. The molecule has 0 bridgehead atoms. The SMILES string of the molecule is COc1ccc([C@H](CNCc2cc(=O)oc3cc(C)c(Cl)cc23)N(C)C)cc1. The van der Waals surface area contributed by atoms with Crippen LogP contribution in [0.3, 0.4) is 0 Å². The molecule has 0 spiro atoms. The Bertz CT molecular complexity index is 1010. The summed E-state index contributed by atoms with van der Waals surface area (Å²) in [6, 6.07) is 13.4. The molecular weight excluding hydrogens is 376 g/mol. The van der Waals surface area contributed by atoms with E-state index in [0.29, 0.717) is 17.2 Å². The third-order valence-corrected chi connectivity index (χ3v) is 5.29. The summed E-state index contributed by atoms with van der Waals surface area (Å²) in [5.41, 5.74) is 3.15. The maximum atomic E-state index is 11.9. The average Bonchev–Trinajstić information content (AvgIpc) is 2.66. The number of likely N-dealkylation sites (N-methyl/N-ethyl adjacent to an activating group) is 1. The van der Waals surface area contributed by atoms with Crippen LogP contribution in [0.15, 0.2) is 51.7 Å². The van der Waals surface area contributed by atoms with E-state index >= 15 is 0 Å². The number of nitrogens with one attached hydrogen (secondary N) is 1. The third kappa shape index (κ3) is 4.55. The van der Waals surface area contributed by atoms with Crippen LogP contribution in [0, 0.1) is 6.92 Å². The fraction of sp³-hybridized carbons (Fsp3) is 0.318. The zero-order valence-corrected chi connectivity index (χ0v) is 17.3. The van der Waals surface area contributed by atoms with E-state index in [1.54, 1.807) is 7.11 Å². The molecule has 3 rings (SSSR count). The van der Waals surface area contributed by atoms with Gasteiger partial charge < -0.3 is 19.4 Å². The summed E-state index contributed by atoms with van der Waals surface area (Å²) >= 11 is 6.27. The number of ether oxygens (including phenoxy) is 1. The molecule has 1 N–H and O–H groups in total. The number of nitrogens with zero attached hydrogens (tertiary/aromatic N) is 1. The molecule has 1 aromatic heterocycles. The Morgan fingerprint density at radius 1 is 1.18 bits per heavy atom. The molecular formula is C22H25ClN2O3. The molecule has 0 aliphatic heterocycles. The summed E-state index contributed by atoms with van der Waals surface area (Å²) in [4.78, 5) is 14.1. The van der Waals surface area contributed by atoms with E-state index in [2.05, 4.69) is 22.3 Å². The lowest BCUT2D eigenvalue weighted by molar-refractivity contribution is 0.288. The topological polar surface area (TPSA) is 54.7 Å². The highest BCUT2D eigenvalue weighted by Gasteiger charge is 2.15. The molecule has 0 fully saturated rings. The first-order chi connectivity index (χ1) is 13.4. The lowest BCUT2D eigenvalue weighted by Crippen LogP contribution is -2.31. The molecule has 0 unspecified atom stereocenters. The molecule has 3 aromatic rings. The molecule has 0 aliphatic carbocycles. The summed E-state index contributed by atoms with van der Waals surface area (Å²) in [5, 5.41) is 4.98. The van der Waals surface area contributed by atoms with Crippen LogP contribution in [0.5, 0.6) is 5.75 Å². The minimum absolute atomic E-state index is 0.183. The maximum Gasteiger partial charge on any atom is 0.336 e. The zero-order chi connectivity index (χ0) is 20.3. The summed E-state index contributed by atoms with van der Waals surface area (Å²) < 4.78 is 10.6. The molecule has 0 saturated carbocycles. The molecule has 148 valence electrons. The monoisotopic (exact) mass is 400 g/mol. The largest absolute Gasteiger partial charge is 0.497 e. The molecule has 0 aliphatic rings. The molecule has 1 atom stereocenters. The number of benzene rings is 2. The lowest BCUT2D eigenvalue weighted by atomic mass is 10.0. The number of methoxy groups -OCH3 is 1. The molecule has 5 nitrogen and oxygen atoms in total. The van der Waals surface area contributed by atoms with Crippen LogP contribution in [0.4, 0.5) is 0 Å². The first-order valence-electron chi connectivity index (χ1n) is 9.13. The minimum Gasteiger partial charge on any atom is -0.497 e. The van der Waals surface area contributed by atoms with Crippen LogP contribution in [0.2, 0.25) is 5.02 Å². The van der Waals surface area contributed by atoms with Gasteiger partial charge in [0, 0.05) is 35.6 Å². The van der Waals surface area contributed by atoms with Gasteiger partial charge in [-0.05, 0) is 62.0 Å². The van der Waals surface area contributed by atoms with E-state index in [9.17, 15) is 4.79 Å². The second-order valence-corrected chi connectivity index (χ2v) is 7.48. The number of aryl methyl sites for hydroxylation is 1. The van der Waals surface area contributed by atoms with E-state index in [0.717, 1.165) is 28.8 Å². The number of halogens is 1. The van der Waals surface area contributed by atoms with E-state index in [1.807, 2.05) is 45.3 Å². The van der Waals surface area contributed by atoms with Crippen molar-refractivity contribution in [2.75, 3.05) is 27.7 Å². The Hall–Kier alpha value is -2.34. The van der Waals surface area contributed by atoms with E-state index in [1.165, 1.54) is 11.6 Å². The highest BCUT2D eigenvalue weighted by molar-refractivity contribution is 6.32. The van der Waals surface area contributed by atoms with Crippen molar-refractivity contribution in [3.63, 3.8) is 0 Å². The Morgan fingerprint density at radius 2 is 1.89 bits per heavy atom. The Labute approximate surface area is 169 Å². The van der Waals surface area contributed by atoms with Crippen molar-refractivity contribution < 1.29 is 9.15 Å². The van der Waals surface area contributed by atoms with Crippen LogP contribution >= 0.6 is 11.6 Å². The van der Waals surface area contributed by atoms with Crippen molar-refractivity contribution >= 4 is 22.6 Å². The number of rotatable bonds is 7. The van der Waals surface area contributed by atoms with Gasteiger partial charge in [-0.1, -0.05) is 23.7 Å². The van der Waals surface area contributed by atoms with Gasteiger partial charge in [0.25, 0.3) is 0 Å². The van der Waals surface area contributed by atoms with Gasteiger partial charge in [0.05, 0.1) is 7.11 Å². The van der Waals surface area contributed by atoms with Crippen molar-refractivity contribution in [3.8, 4) is 5.75 Å². The summed E-state index contributed by atoms with van der Waals surface area (Å²) in [5.74, 6) is 0.837. The van der Waals surface area contributed by atoms with E-state index in [-0.39, 0.29) is 11.7 Å². The predicted molar refractivity (Wildman–Crippen MR) is 113 cm³/mol. The molecule has 0 amide bonds. The van der Waals surface area contributed by atoms with Gasteiger partial charge in [0.2, 0.25) is 0 Å². The van der Waals surface area contributed by atoms with Gasteiger partial charge in [0.15, 0.2) is 0 Å². The highest BCUT2D eigenvalue weighted by Crippen LogP contribution is 2.25. The number of hydrogen-bond acceptors (Lipinski definition) is 5. The van der Waals surface area contributed by atoms with Gasteiger partial charge in [-0.25, -0.2) is 4.79 Å². The summed E-state index contributed by atoms with van der Waals surface area (Å²) in [7, 11) is 5.76. The molecule has 6 heteroatoms. The molecule has 0 saturated heterocycles. The van der Waals surface area contributed by atoms with Gasteiger partial charge >= 0.3 is 5.63 Å². The minimum atomic E-state index is -0.356. The highest BCUT2D eigenvalue weighted by atomic mass is 35.5. The van der Waals surface area contributed by atoms with Gasteiger partial charge in [-0.15, -0.1) is 0 Å². The second-order valence-electron chi connectivity index (χ2n) is 7.07.